The molecular weight excluding hydrogens is 440 g/mol. The molecule has 2 aliphatic heterocycles. The summed E-state index contributed by atoms with van der Waals surface area (Å²) in [5.74, 6) is -3.11. The number of hydrogen-bond donors (Lipinski definition) is 0. The smallest absolute Gasteiger partial charge is 0.338 e. The van der Waals surface area contributed by atoms with Crippen LogP contribution in [0.3, 0.4) is 0 Å². The van der Waals surface area contributed by atoms with E-state index in [1.54, 1.807) is 0 Å². The second-order valence-electron chi connectivity index (χ2n) is 6.78. The Labute approximate surface area is 195 Å². The normalized spacial score (nSPS) is 14.2. The molecule has 0 radical (unpaired) electrons. The van der Waals surface area contributed by atoms with Gasteiger partial charge in [0.2, 0.25) is 0 Å². The van der Waals surface area contributed by atoms with Gasteiger partial charge in [-0.05, 0) is 48.5 Å². The molecule has 9 nitrogen and oxygen atoms in total. The summed E-state index contributed by atoms with van der Waals surface area (Å²) in [6.07, 6.45) is 4.62. The molecule has 2 heterocycles. The Morgan fingerprint density at radius 1 is 0.588 bits per heavy atom. The van der Waals surface area contributed by atoms with Crippen molar-refractivity contribution in [2.75, 3.05) is 16.4 Å². The zero-order valence-electron chi connectivity index (χ0n) is 16.4. The summed E-state index contributed by atoms with van der Waals surface area (Å²) in [6, 6.07) is 11.4. The number of ether oxygens (including phenoxy) is 1. The Hall–Kier alpha value is -4.66. The van der Waals surface area contributed by atoms with Crippen LogP contribution >= 0.6 is 0 Å². The number of rotatable bonds is 6. The number of carbonyl (C=O) groups excluding carboxylic acids is 6. The highest BCUT2D eigenvalue weighted by atomic mass is 16.5. The first-order valence-electron chi connectivity index (χ1n) is 9.38. The molecular formula is C25H22N2O7. The molecule has 0 saturated heterocycles. The van der Waals surface area contributed by atoms with Crippen molar-refractivity contribution in [2.45, 2.75) is 14.9 Å². The van der Waals surface area contributed by atoms with E-state index in [2.05, 4.69) is 0 Å². The molecule has 0 bridgehead atoms. The molecule has 9 heteroatoms. The average Bonchev–Trinajstić information content (AvgIpc) is 3.32. The quantitative estimate of drug-likeness (QED) is 0.368. The summed E-state index contributed by atoms with van der Waals surface area (Å²) in [7, 11) is 0. The lowest BCUT2D eigenvalue weighted by Gasteiger charge is -2.14. The van der Waals surface area contributed by atoms with E-state index in [0.717, 1.165) is 34.1 Å². The molecule has 2 aliphatic rings. The minimum absolute atomic E-state index is 0. The molecule has 0 spiro atoms. The van der Waals surface area contributed by atoms with Gasteiger partial charge in [0, 0.05) is 29.9 Å². The Balaban J connectivity index is 0.00000204. The number of hydrogen-bond acceptors (Lipinski definition) is 7. The van der Waals surface area contributed by atoms with E-state index >= 15 is 0 Å². The van der Waals surface area contributed by atoms with Gasteiger partial charge in [-0.1, -0.05) is 14.9 Å². The van der Waals surface area contributed by atoms with Gasteiger partial charge >= 0.3 is 5.97 Å². The fourth-order valence-corrected chi connectivity index (χ4v) is 3.15. The number of benzene rings is 2. The monoisotopic (exact) mass is 462 g/mol. The van der Waals surface area contributed by atoms with Gasteiger partial charge in [0.1, 0.15) is 0 Å². The van der Waals surface area contributed by atoms with E-state index in [4.69, 9.17) is 4.74 Å². The third-order valence-corrected chi connectivity index (χ3v) is 4.76. The lowest BCUT2D eigenvalue weighted by molar-refractivity contribution is -0.121. The van der Waals surface area contributed by atoms with Gasteiger partial charge in [-0.15, -0.1) is 0 Å². The topological polar surface area (TPSA) is 118 Å². The van der Waals surface area contributed by atoms with Crippen LogP contribution in [0, 0.1) is 0 Å². The molecule has 2 aromatic carbocycles. The lowest BCUT2D eigenvalue weighted by Crippen LogP contribution is -2.29. The van der Waals surface area contributed by atoms with Gasteiger partial charge in [-0.3, -0.25) is 24.0 Å². The van der Waals surface area contributed by atoms with E-state index in [-0.39, 0.29) is 26.0 Å². The van der Waals surface area contributed by atoms with Crippen molar-refractivity contribution < 1.29 is 33.5 Å². The second-order valence-corrected chi connectivity index (χ2v) is 6.78. The summed E-state index contributed by atoms with van der Waals surface area (Å²) < 4.78 is 5.04. The maximum atomic E-state index is 12.3. The van der Waals surface area contributed by atoms with Crippen LogP contribution in [0.2, 0.25) is 0 Å². The molecule has 2 aromatic rings. The van der Waals surface area contributed by atoms with E-state index in [1.165, 1.54) is 48.5 Å². The standard InChI is InChI=1S/C23H14N2O7.2CH4/c26-18(14-1-5-16(6-2-14)24-19(27)9-10-20(24)28)13-32-23(31)15-3-7-17(8-4-15)25-21(29)11-12-22(25)30;;/h1-12H,13H2;2*1H4. The third-order valence-electron chi connectivity index (χ3n) is 4.76. The first-order chi connectivity index (χ1) is 15.3. The van der Waals surface area contributed by atoms with Gasteiger partial charge < -0.3 is 4.74 Å². The number of carbonyl (C=O) groups is 6. The Bertz CT molecular complexity index is 1090. The summed E-state index contributed by atoms with van der Waals surface area (Å²) in [5.41, 5.74) is 1.01. The largest absolute Gasteiger partial charge is 0.454 e. The minimum atomic E-state index is -0.752. The average molecular weight is 462 g/mol. The summed E-state index contributed by atoms with van der Waals surface area (Å²) in [6.45, 7) is -0.518. The van der Waals surface area contributed by atoms with Crippen LogP contribution in [0.1, 0.15) is 35.6 Å². The molecule has 0 N–H and O–H groups in total. The third kappa shape index (κ3) is 4.88. The summed E-state index contributed by atoms with van der Waals surface area (Å²) >= 11 is 0. The Morgan fingerprint density at radius 3 is 1.32 bits per heavy atom. The number of imide groups is 2. The second kappa shape index (κ2) is 10.3. The fourth-order valence-electron chi connectivity index (χ4n) is 3.15. The first-order valence-corrected chi connectivity index (χ1v) is 9.38. The number of nitrogens with zero attached hydrogens (tertiary/aromatic N) is 2. The van der Waals surface area contributed by atoms with Gasteiger partial charge in [0.25, 0.3) is 23.6 Å². The molecule has 0 atom stereocenters. The number of anilines is 2. The van der Waals surface area contributed by atoms with Crippen molar-refractivity contribution in [1.82, 2.24) is 0 Å². The molecule has 0 aliphatic carbocycles. The van der Waals surface area contributed by atoms with Gasteiger partial charge in [0.15, 0.2) is 12.4 Å². The molecule has 34 heavy (non-hydrogen) atoms. The molecule has 4 amide bonds. The van der Waals surface area contributed by atoms with Crippen molar-refractivity contribution >= 4 is 46.8 Å². The zero-order chi connectivity index (χ0) is 22.8. The molecule has 0 fully saturated rings. The van der Waals surface area contributed by atoms with Crippen LogP contribution in [0.25, 0.3) is 0 Å². The van der Waals surface area contributed by atoms with Crippen molar-refractivity contribution in [1.29, 1.82) is 0 Å². The number of amides is 4. The van der Waals surface area contributed by atoms with Gasteiger partial charge in [-0.2, -0.15) is 0 Å². The highest BCUT2D eigenvalue weighted by Crippen LogP contribution is 2.21. The van der Waals surface area contributed by atoms with Crippen LogP contribution < -0.4 is 9.80 Å². The lowest BCUT2D eigenvalue weighted by atomic mass is 10.1. The predicted molar refractivity (Wildman–Crippen MR) is 124 cm³/mol. The van der Waals surface area contributed by atoms with Crippen LogP contribution in [0.4, 0.5) is 11.4 Å². The first kappa shape index (κ1) is 25.6. The Kier molecular flexibility index (Phi) is 7.76. The van der Waals surface area contributed by atoms with Crippen LogP contribution in [-0.4, -0.2) is 42.0 Å². The zero-order valence-corrected chi connectivity index (χ0v) is 16.4. The fraction of sp³-hybridized carbons (Fsp3) is 0.120. The SMILES string of the molecule is C.C.O=C(COC(=O)c1ccc(N2C(=O)C=CC2=O)cc1)c1ccc(N2C(=O)C=CC2=O)cc1. The predicted octanol–water partition coefficient (Wildman–Crippen LogP) is 2.86. The number of esters is 1. The van der Waals surface area contributed by atoms with E-state index < -0.39 is 42.0 Å². The van der Waals surface area contributed by atoms with Crippen LogP contribution in [0.5, 0.6) is 0 Å². The van der Waals surface area contributed by atoms with Crippen molar-refractivity contribution in [3.05, 3.63) is 84.0 Å². The highest BCUT2D eigenvalue weighted by Gasteiger charge is 2.26. The van der Waals surface area contributed by atoms with E-state index in [1.807, 2.05) is 0 Å². The molecule has 4 rings (SSSR count). The Morgan fingerprint density at radius 2 is 0.941 bits per heavy atom. The van der Waals surface area contributed by atoms with Gasteiger partial charge in [-0.25, -0.2) is 14.6 Å². The minimum Gasteiger partial charge on any atom is -0.454 e. The van der Waals surface area contributed by atoms with Crippen molar-refractivity contribution in [2.24, 2.45) is 0 Å². The molecule has 0 unspecified atom stereocenters. The maximum absolute atomic E-state index is 12.3. The summed E-state index contributed by atoms with van der Waals surface area (Å²) in [5, 5.41) is 0. The van der Waals surface area contributed by atoms with Crippen LogP contribution in [-0.2, 0) is 23.9 Å². The summed E-state index contributed by atoms with van der Waals surface area (Å²) in [4.78, 5) is 73.3. The number of Topliss-reactive ketones (excluding diaryl/α,β-unsaturated/α-hetero) is 1. The van der Waals surface area contributed by atoms with Gasteiger partial charge in [0.05, 0.1) is 16.9 Å². The highest BCUT2D eigenvalue weighted by molar-refractivity contribution is 6.28. The van der Waals surface area contributed by atoms with Crippen LogP contribution in [0.15, 0.2) is 72.8 Å². The van der Waals surface area contributed by atoms with E-state index in [9.17, 15) is 28.8 Å². The van der Waals surface area contributed by atoms with E-state index in [0.29, 0.717) is 11.4 Å². The molecule has 0 aromatic heterocycles. The molecule has 0 saturated carbocycles. The van der Waals surface area contributed by atoms with Crippen molar-refractivity contribution in [3.8, 4) is 0 Å². The maximum Gasteiger partial charge on any atom is 0.338 e. The van der Waals surface area contributed by atoms with Crippen molar-refractivity contribution in [3.63, 3.8) is 0 Å². The number of ketones is 1. The molecule has 174 valence electrons.